The number of hydrogen-bond donors (Lipinski definition) is 1. The molecule has 1 N–H and O–H groups in total. The van der Waals surface area contributed by atoms with Gasteiger partial charge in [-0.05, 0) is 31.7 Å². The van der Waals surface area contributed by atoms with Gasteiger partial charge in [-0.2, -0.15) is 0 Å². The van der Waals surface area contributed by atoms with E-state index < -0.39 is 0 Å². The predicted molar refractivity (Wildman–Crippen MR) is 69.3 cm³/mol. The first-order chi connectivity index (χ1) is 8.69. The second-order valence-electron chi connectivity index (χ2n) is 4.26. The van der Waals surface area contributed by atoms with Crippen LogP contribution in [0.2, 0.25) is 0 Å². The lowest BCUT2D eigenvalue weighted by atomic mass is 10.1. The molecule has 0 fully saturated rings. The number of ether oxygens (including phenoxy) is 1. The van der Waals surface area contributed by atoms with Gasteiger partial charge in [0.05, 0.1) is 6.20 Å². The summed E-state index contributed by atoms with van der Waals surface area (Å²) < 4.78 is 7.36. The van der Waals surface area contributed by atoms with Crippen molar-refractivity contribution in [2.45, 2.75) is 19.6 Å². The van der Waals surface area contributed by atoms with E-state index in [0.717, 1.165) is 11.4 Å². The zero-order valence-electron chi connectivity index (χ0n) is 10.9. The van der Waals surface area contributed by atoms with Gasteiger partial charge in [0, 0.05) is 13.1 Å². The van der Waals surface area contributed by atoms with Gasteiger partial charge in [-0.3, -0.25) is 4.68 Å². The van der Waals surface area contributed by atoms with E-state index in [1.807, 2.05) is 38.5 Å². The van der Waals surface area contributed by atoms with Gasteiger partial charge in [0.25, 0.3) is 0 Å². The zero-order chi connectivity index (χ0) is 13.0. The molecule has 1 heterocycles. The fourth-order valence-corrected chi connectivity index (χ4v) is 1.66. The fraction of sp³-hybridized carbons (Fsp3) is 0.385. The summed E-state index contributed by atoms with van der Waals surface area (Å²) in [5.41, 5.74) is 2.03. The quantitative estimate of drug-likeness (QED) is 0.872. The lowest BCUT2D eigenvalue weighted by Crippen LogP contribution is -2.12. The van der Waals surface area contributed by atoms with E-state index in [1.54, 1.807) is 4.68 Å². The monoisotopic (exact) mass is 246 g/mol. The van der Waals surface area contributed by atoms with Gasteiger partial charge in [-0.1, -0.05) is 17.3 Å². The molecule has 1 aromatic heterocycles. The molecule has 0 radical (unpaired) electrons. The summed E-state index contributed by atoms with van der Waals surface area (Å²) in [6.45, 7) is 2.55. The van der Waals surface area contributed by atoms with Crippen LogP contribution in [0.4, 0.5) is 0 Å². The third kappa shape index (κ3) is 3.07. The van der Waals surface area contributed by atoms with Crippen molar-refractivity contribution >= 4 is 0 Å². The summed E-state index contributed by atoms with van der Waals surface area (Å²) in [4.78, 5) is 0. The van der Waals surface area contributed by atoms with Crippen molar-refractivity contribution < 1.29 is 4.74 Å². The topological polar surface area (TPSA) is 52.0 Å². The minimum atomic E-state index is 0.310. The Morgan fingerprint density at radius 2 is 2.28 bits per heavy atom. The molecule has 1 atom stereocenters. The minimum Gasteiger partial charge on any atom is -0.487 e. The molecule has 1 aromatic carbocycles. The number of aryl methyl sites for hydroxylation is 1. The number of nitrogens with zero attached hydrogens (tertiary/aromatic N) is 3. The van der Waals surface area contributed by atoms with E-state index >= 15 is 0 Å². The van der Waals surface area contributed by atoms with Crippen molar-refractivity contribution in [1.29, 1.82) is 0 Å². The largest absolute Gasteiger partial charge is 0.487 e. The molecule has 0 spiro atoms. The Morgan fingerprint density at radius 1 is 1.44 bits per heavy atom. The Kier molecular flexibility index (Phi) is 3.94. The second-order valence-corrected chi connectivity index (χ2v) is 4.26. The summed E-state index contributed by atoms with van der Waals surface area (Å²) in [5.74, 6) is 0.847. The van der Waals surface area contributed by atoms with Crippen LogP contribution < -0.4 is 10.1 Å². The summed E-state index contributed by atoms with van der Waals surface area (Å²) >= 11 is 0. The van der Waals surface area contributed by atoms with E-state index in [2.05, 4.69) is 28.6 Å². The molecule has 5 nitrogen and oxygen atoms in total. The van der Waals surface area contributed by atoms with Crippen LogP contribution in [0.5, 0.6) is 5.75 Å². The van der Waals surface area contributed by atoms with Crippen molar-refractivity contribution in [2.75, 3.05) is 7.05 Å². The third-order valence-electron chi connectivity index (χ3n) is 2.83. The number of hydrogen-bond acceptors (Lipinski definition) is 4. The van der Waals surface area contributed by atoms with Crippen LogP contribution in [0.3, 0.4) is 0 Å². The van der Waals surface area contributed by atoms with E-state index in [1.165, 1.54) is 5.56 Å². The molecule has 2 rings (SSSR count). The molecule has 0 aliphatic carbocycles. The summed E-state index contributed by atoms with van der Waals surface area (Å²) in [6.07, 6.45) is 1.85. The van der Waals surface area contributed by atoms with Crippen molar-refractivity contribution in [3.8, 4) is 5.75 Å². The van der Waals surface area contributed by atoms with Gasteiger partial charge in [0.15, 0.2) is 0 Å². The third-order valence-corrected chi connectivity index (χ3v) is 2.83. The molecule has 0 aliphatic heterocycles. The van der Waals surface area contributed by atoms with Crippen molar-refractivity contribution in [3.05, 3.63) is 41.7 Å². The summed E-state index contributed by atoms with van der Waals surface area (Å²) in [5, 5.41) is 11.0. The van der Waals surface area contributed by atoms with Crippen LogP contribution in [0, 0.1) is 0 Å². The number of benzene rings is 1. The van der Waals surface area contributed by atoms with Crippen molar-refractivity contribution in [3.63, 3.8) is 0 Å². The smallest absolute Gasteiger partial charge is 0.134 e. The van der Waals surface area contributed by atoms with Crippen molar-refractivity contribution in [1.82, 2.24) is 20.3 Å². The van der Waals surface area contributed by atoms with Gasteiger partial charge in [-0.15, -0.1) is 5.10 Å². The average molecular weight is 246 g/mol. The molecule has 2 aromatic rings. The molecule has 5 heteroatoms. The predicted octanol–water partition coefficient (Wildman–Crippen LogP) is 1.67. The van der Waals surface area contributed by atoms with E-state index in [9.17, 15) is 0 Å². The molecule has 0 bridgehead atoms. The fourth-order valence-electron chi connectivity index (χ4n) is 1.66. The highest BCUT2D eigenvalue weighted by atomic mass is 16.5. The normalized spacial score (nSPS) is 12.4. The van der Waals surface area contributed by atoms with Crippen LogP contribution in [0.1, 0.15) is 24.2 Å². The van der Waals surface area contributed by atoms with Gasteiger partial charge in [-0.25, -0.2) is 0 Å². The first kappa shape index (κ1) is 12.6. The summed E-state index contributed by atoms with van der Waals surface area (Å²) in [7, 11) is 3.78. The van der Waals surface area contributed by atoms with E-state index in [-0.39, 0.29) is 0 Å². The number of rotatable bonds is 5. The molecule has 0 aliphatic rings. The Labute approximate surface area is 107 Å². The molecule has 96 valence electrons. The molecule has 0 saturated heterocycles. The van der Waals surface area contributed by atoms with Gasteiger partial charge < -0.3 is 10.1 Å². The number of nitrogens with one attached hydrogen (secondary N) is 1. The Bertz CT molecular complexity index is 509. The molecule has 0 saturated carbocycles. The van der Waals surface area contributed by atoms with Crippen molar-refractivity contribution in [2.24, 2.45) is 7.05 Å². The van der Waals surface area contributed by atoms with E-state index in [0.29, 0.717) is 12.6 Å². The summed E-state index contributed by atoms with van der Waals surface area (Å²) in [6, 6.07) is 8.37. The van der Waals surface area contributed by atoms with Crippen LogP contribution in [0.25, 0.3) is 0 Å². The molecule has 1 unspecified atom stereocenters. The Hall–Kier alpha value is -1.88. The molecular weight excluding hydrogens is 228 g/mol. The lowest BCUT2D eigenvalue weighted by molar-refractivity contribution is 0.300. The Balaban J connectivity index is 2.01. The van der Waals surface area contributed by atoms with Crippen LogP contribution in [0.15, 0.2) is 30.5 Å². The van der Waals surface area contributed by atoms with Crippen LogP contribution >= 0.6 is 0 Å². The Morgan fingerprint density at radius 3 is 2.94 bits per heavy atom. The first-order valence-corrected chi connectivity index (χ1v) is 5.94. The second kappa shape index (κ2) is 5.64. The average Bonchev–Trinajstić information content (AvgIpc) is 2.81. The first-order valence-electron chi connectivity index (χ1n) is 5.94. The standard InChI is InChI=1S/C13H18N4O/c1-10(14-2)11-5-4-6-13(7-11)18-9-12-8-17(3)16-15-12/h4-8,10,14H,9H2,1-3H3. The van der Waals surface area contributed by atoms with Gasteiger partial charge >= 0.3 is 0 Å². The van der Waals surface area contributed by atoms with E-state index in [4.69, 9.17) is 4.74 Å². The maximum absolute atomic E-state index is 5.70. The van der Waals surface area contributed by atoms with Gasteiger partial charge in [0.2, 0.25) is 0 Å². The van der Waals surface area contributed by atoms with Crippen LogP contribution in [-0.4, -0.2) is 22.0 Å². The molecule has 18 heavy (non-hydrogen) atoms. The lowest BCUT2D eigenvalue weighted by Gasteiger charge is -2.12. The van der Waals surface area contributed by atoms with Gasteiger partial charge in [0.1, 0.15) is 18.1 Å². The number of aromatic nitrogens is 3. The zero-order valence-corrected chi connectivity index (χ0v) is 10.9. The SMILES string of the molecule is CNC(C)c1cccc(OCc2cn(C)nn2)c1. The highest BCUT2D eigenvalue weighted by Crippen LogP contribution is 2.19. The molecule has 0 amide bonds. The molecular formula is C13H18N4O. The highest BCUT2D eigenvalue weighted by molar-refractivity contribution is 5.30. The van der Waals surface area contributed by atoms with Crippen LogP contribution in [-0.2, 0) is 13.7 Å². The maximum atomic E-state index is 5.70. The minimum absolute atomic E-state index is 0.310. The highest BCUT2D eigenvalue weighted by Gasteiger charge is 2.04. The maximum Gasteiger partial charge on any atom is 0.134 e.